The highest BCUT2D eigenvalue weighted by Gasteiger charge is 2.15. The van der Waals surface area contributed by atoms with Gasteiger partial charge in [-0.25, -0.2) is 14.2 Å². The van der Waals surface area contributed by atoms with E-state index >= 15 is 0 Å². The van der Waals surface area contributed by atoms with Crippen LogP contribution in [0.3, 0.4) is 0 Å². The fraction of sp³-hybridized carbons (Fsp3) is 0.143. The van der Waals surface area contributed by atoms with Crippen LogP contribution in [0.4, 0.5) is 15.9 Å². The maximum absolute atomic E-state index is 12.9. The van der Waals surface area contributed by atoms with Crippen molar-refractivity contribution < 1.29 is 23.4 Å². The van der Waals surface area contributed by atoms with E-state index in [1.807, 2.05) is 18.2 Å². The van der Waals surface area contributed by atoms with Gasteiger partial charge >= 0.3 is 5.97 Å². The lowest BCUT2D eigenvalue weighted by molar-refractivity contribution is 0.0451. The van der Waals surface area contributed by atoms with Gasteiger partial charge in [0.25, 0.3) is 0 Å². The summed E-state index contributed by atoms with van der Waals surface area (Å²) in [6.45, 7) is 0.187. The molecule has 0 fully saturated rings. The summed E-state index contributed by atoms with van der Waals surface area (Å²) < 4.78 is 28.8. The Morgan fingerprint density at radius 3 is 2.61 bits per heavy atom. The SMILES string of the molecule is COc1ccccc1Nc1ncccc1C(=O)OCCOc1ccc(F)cc1. The van der Waals surface area contributed by atoms with Crippen molar-refractivity contribution in [3.05, 3.63) is 78.2 Å². The molecule has 0 aliphatic rings. The van der Waals surface area contributed by atoms with Crippen LogP contribution < -0.4 is 14.8 Å². The van der Waals surface area contributed by atoms with E-state index in [4.69, 9.17) is 14.2 Å². The molecule has 1 heterocycles. The standard InChI is InChI=1S/C21H19FN2O4/c1-26-19-7-3-2-6-18(19)24-20-17(5-4-12-23-20)21(25)28-14-13-27-16-10-8-15(22)9-11-16/h2-12H,13-14H2,1H3,(H,23,24). The van der Waals surface area contributed by atoms with Crippen molar-refractivity contribution in [1.29, 1.82) is 0 Å². The molecule has 0 aliphatic heterocycles. The number of pyridine rings is 1. The van der Waals surface area contributed by atoms with Gasteiger partial charge in [-0.05, 0) is 48.5 Å². The normalized spacial score (nSPS) is 10.2. The first kappa shape index (κ1) is 19.2. The molecule has 28 heavy (non-hydrogen) atoms. The number of ether oxygens (including phenoxy) is 3. The van der Waals surface area contributed by atoms with Gasteiger partial charge < -0.3 is 19.5 Å². The number of para-hydroxylation sites is 2. The zero-order valence-corrected chi connectivity index (χ0v) is 15.2. The smallest absolute Gasteiger partial charge is 0.342 e. The van der Waals surface area contributed by atoms with Gasteiger partial charge in [-0.15, -0.1) is 0 Å². The quantitative estimate of drug-likeness (QED) is 0.465. The molecule has 0 amide bonds. The summed E-state index contributed by atoms with van der Waals surface area (Å²) in [5.74, 6) is 0.604. The van der Waals surface area contributed by atoms with Gasteiger partial charge in [-0.2, -0.15) is 0 Å². The van der Waals surface area contributed by atoms with Crippen LogP contribution in [0.5, 0.6) is 11.5 Å². The van der Waals surface area contributed by atoms with Gasteiger partial charge in [0, 0.05) is 6.20 Å². The van der Waals surface area contributed by atoms with Crippen LogP contribution in [-0.4, -0.2) is 31.3 Å². The second-order valence-electron chi connectivity index (χ2n) is 5.66. The number of anilines is 2. The lowest BCUT2D eigenvalue weighted by Crippen LogP contribution is -2.14. The first-order chi connectivity index (χ1) is 13.7. The number of halogens is 1. The number of aromatic nitrogens is 1. The van der Waals surface area contributed by atoms with Crippen LogP contribution >= 0.6 is 0 Å². The average molecular weight is 382 g/mol. The first-order valence-corrected chi connectivity index (χ1v) is 8.58. The van der Waals surface area contributed by atoms with E-state index in [1.54, 1.807) is 31.5 Å². The van der Waals surface area contributed by atoms with Gasteiger partial charge in [0.1, 0.15) is 41.9 Å². The number of nitrogens with zero attached hydrogens (tertiary/aromatic N) is 1. The molecule has 3 aromatic rings. The lowest BCUT2D eigenvalue weighted by atomic mass is 10.2. The summed E-state index contributed by atoms with van der Waals surface area (Å²) in [4.78, 5) is 16.6. The van der Waals surface area contributed by atoms with Crippen LogP contribution in [0.1, 0.15) is 10.4 Å². The van der Waals surface area contributed by atoms with E-state index in [-0.39, 0.29) is 24.6 Å². The summed E-state index contributed by atoms with van der Waals surface area (Å²) in [7, 11) is 1.56. The fourth-order valence-electron chi connectivity index (χ4n) is 2.45. The van der Waals surface area contributed by atoms with Gasteiger partial charge in [0.05, 0.1) is 12.8 Å². The molecule has 7 heteroatoms. The molecule has 0 atom stereocenters. The van der Waals surface area contributed by atoms with Crippen molar-refractivity contribution in [2.45, 2.75) is 0 Å². The number of hydrogen-bond donors (Lipinski definition) is 1. The van der Waals surface area contributed by atoms with Crippen molar-refractivity contribution in [2.75, 3.05) is 25.6 Å². The maximum atomic E-state index is 12.9. The molecule has 3 rings (SSSR count). The van der Waals surface area contributed by atoms with Crippen LogP contribution in [0.15, 0.2) is 66.9 Å². The summed E-state index contributed by atoms with van der Waals surface area (Å²) in [5.41, 5.74) is 0.965. The van der Waals surface area contributed by atoms with E-state index in [1.165, 1.54) is 24.3 Å². The Morgan fingerprint density at radius 2 is 1.82 bits per heavy atom. The second-order valence-corrected chi connectivity index (χ2v) is 5.66. The Labute approximate surface area is 161 Å². The third kappa shape index (κ3) is 4.97. The average Bonchev–Trinajstić information content (AvgIpc) is 2.73. The largest absolute Gasteiger partial charge is 0.495 e. The molecule has 1 N–H and O–H groups in total. The van der Waals surface area contributed by atoms with Crippen LogP contribution in [0.25, 0.3) is 0 Å². The Morgan fingerprint density at radius 1 is 1.04 bits per heavy atom. The molecular formula is C21H19FN2O4. The van der Waals surface area contributed by atoms with Crippen LogP contribution in [-0.2, 0) is 4.74 Å². The summed E-state index contributed by atoms with van der Waals surface area (Å²) in [5, 5.41) is 3.09. The lowest BCUT2D eigenvalue weighted by Gasteiger charge is -2.13. The Bertz CT molecular complexity index is 932. The van der Waals surface area contributed by atoms with E-state index < -0.39 is 5.97 Å². The van der Waals surface area contributed by atoms with Crippen molar-refractivity contribution in [3.8, 4) is 11.5 Å². The third-order valence-electron chi connectivity index (χ3n) is 3.79. The maximum Gasteiger partial charge on any atom is 0.342 e. The monoisotopic (exact) mass is 382 g/mol. The van der Waals surface area contributed by atoms with E-state index in [0.717, 1.165) is 0 Å². The molecule has 2 aromatic carbocycles. The number of hydrogen-bond acceptors (Lipinski definition) is 6. The Hall–Kier alpha value is -3.61. The molecule has 0 radical (unpaired) electrons. The molecule has 0 saturated carbocycles. The Balaban J connectivity index is 1.60. The predicted molar refractivity (Wildman–Crippen MR) is 103 cm³/mol. The minimum Gasteiger partial charge on any atom is -0.495 e. The van der Waals surface area contributed by atoms with Gasteiger partial charge in [0.15, 0.2) is 0 Å². The van der Waals surface area contributed by atoms with E-state index in [0.29, 0.717) is 23.0 Å². The van der Waals surface area contributed by atoms with Gasteiger partial charge in [-0.3, -0.25) is 0 Å². The number of nitrogens with one attached hydrogen (secondary N) is 1. The van der Waals surface area contributed by atoms with Gasteiger partial charge in [-0.1, -0.05) is 12.1 Å². The molecular weight excluding hydrogens is 363 g/mol. The van der Waals surface area contributed by atoms with Crippen LogP contribution in [0.2, 0.25) is 0 Å². The summed E-state index contributed by atoms with van der Waals surface area (Å²) in [6, 6.07) is 16.2. The molecule has 6 nitrogen and oxygen atoms in total. The topological polar surface area (TPSA) is 69.7 Å². The van der Waals surface area contributed by atoms with Crippen molar-refractivity contribution in [3.63, 3.8) is 0 Å². The zero-order chi connectivity index (χ0) is 19.8. The molecule has 0 aliphatic carbocycles. The van der Waals surface area contributed by atoms with Crippen molar-refractivity contribution in [2.24, 2.45) is 0 Å². The third-order valence-corrected chi connectivity index (χ3v) is 3.79. The Kier molecular flexibility index (Phi) is 6.41. The number of carbonyl (C=O) groups is 1. The number of esters is 1. The van der Waals surface area contributed by atoms with E-state index in [9.17, 15) is 9.18 Å². The van der Waals surface area contributed by atoms with E-state index in [2.05, 4.69) is 10.3 Å². The highest BCUT2D eigenvalue weighted by molar-refractivity contribution is 5.95. The highest BCUT2D eigenvalue weighted by Crippen LogP contribution is 2.27. The van der Waals surface area contributed by atoms with Crippen LogP contribution in [0, 0.1) is 5.82 Å². The summed E-state index contributed by atoms with van der Waals surface area (Å²) in [6.07, 6.45) is 1.58. The fourth-order valence-corrected chi connectivity index (χ4v) is 2.45. The van der Waals surface area contributed by atoms with Gasteiger partial charge in [0.2, 0.25) is 0 Å². The minimum atomic E-state index is -0.534. The number of benzene rings is 2. The molecule has 0 unspecified atom stereocenters. The molecule has 1 aromatic heterocycles. The number of carbonyl (C=O) groups excluding carboxylic acids is 1. The zero-order valence-electron chi connectivity index (χ0n) is 15.2. The highest BCUT2D eigenvalue weighted by atomic mass is 19.1. The minimum absolute atomic E-state index is 0.0409. The molecule has 144 valence electrons. The van der Waals surface area contributed by atoms with Crippen molar-refractivity contribution in [1.82, 2.24) is 4.98 Å². The molecule has 0 saturated heterocycles. The molecule has 0 spiro atoms. The first-order valence-electron chi connectivity index (χ1n) is 8.58. The van der Waals surface area contributed by atoms with Crippen molar-refractivity contribution >= 4 is 17.5 Å². The number of rotatable bonds is 8. The summed E-state index contributed by atoms with van der Waals surface area (Å²) >= 11 is 0. The second kappa shape index (κ2) is 9.36. The molecule has 0 bridgehead atoms. The predicted octanol–water partition coefficient (Wildman–Crippen LogP) is 4.21. The number of methoxy groups -OCH3 is 1.